The highest BCUT2D eigenvalue weighted by Crippen LogP contribution is 2.23. The van der Waals surface area contributed by atoms with Crippen LogP contribution in [0.5, 0.6) is 0 Å². The Kier molecular flexibility index (Phi) is 4.08. The van der Waals surface area contributed by atoms with Crippen molar-refractivity contribution in [1.29, 1.82) is 0 Å². The summed E-state index contributed by atoms with van der Waals surface area (Å²) >= 11 is 0. The van der Waals surface area contributed by atoms with E-state index in [1.165, 1.54) is 19.6 Å². The summed E-state index contributed by atoms with van der Waals surface area (Å²) in [6.45, 7) is 8.01. The van der Waals surface area contributed by atoms with E-state index in [2.05, 4.69) is 27.7 Å². The van der Waals surface area contributed by atoms with Gasteiger partial charge in [-0.25, -0.2) is 15.9 Å². The molecule has 78 valence electrons. The van der Waals surface area contributed by atoms with Crippen molar-refractivity contribution in [1.82, 2.24) is 10.0 Å². The van der Waals surface area contributed by atoms with E-state index in [1.807, 2.05) is 0 Å². The molecule has 0 spiro atoms. The number of aliphatic hydroxyl groups excluding tert-OH is 1. The van der Waals surface area contributed by atoms with Gasteiger partial charge in [-0.3, -0.25) is 0 Å². The minimum atomic E-state index is -0.449. The maximum absolute atomic E-state index is 8.35. The molecule has 2 atom stereocenters. The predicted molar refractivity (Wildman–Crippen MR) is 49.6 cm³/mol. The van der Waals surface area contributed by atoms with Crippen LogP contribution in [0.4, 0.5) is 0 Å². The average molecular weight is 189 g/mol. The Balaban J connectivity index is 0.000000133. The number of rotatable bonds is 2. The summed E-state index contributed by atoms with van der Waals surface area (Å²) < 4.78 is 0. The molecule has 2 aliphatic rings. The molecule has 2 heterocycles. The van der Waals surface area contributed by atoms with Crippen molar-refractivity contribution in [2.24, 2.45) is 5.90 Å². The Morgan fingerprint density at radius 1 is 1.62 bits per heavy atom. The molecule has 3 N–H and O–H groups in total. The molecule has 2 aliphatic heterocycles. The minimum Gasteiger partial charge on any atom is -0.391 e. The van der Waals surface area contributed by atoms with Gasteiger partial charge < -0.3 is 9.94 Å². The summed E-state index contributed by atoms with van der Waals surface area (Å²) in [6, 6.07) is 0.855. The number of hydrogen-bond donors (Lipinski definition) is 2. The van der Waals surface area contributed by atoms with Crippen LogP contribution in [-0.4, -0.2) is 53.5 Å². The van der Waals surface area contributed by atoms with E-state index in [0.29, 0.717) is 0 Å². The molecule has 0 aliphatic carbocycles. The van der Waals surface area contributed by atoms with Gasteiger partial charge in [0.05, 0.1) is 12.7 Å². The maximum Gasteiger partial charge on any atom is 0.0935 e. The number of aliphatic hydroxyl groups is 1. The molecule has 0 aromatic rings. The Hall–Kier alpha value is -0.200. The highest BCUT2D eigenvalue weighted by atomic mass is 16.6. The van der Waals surface area contributed by atoms with Crippen molar-refractivity contribution in [3.8, 4) is 0 Å². The largest absolute Gasteiger partial charge is 0.391 e. The van der Waals surface area contributed by atoms with Crippen molar-refractivity contribution in [3.63, 3.8) is 0 Å². The van der Waals surface area contributed by atoms with E-state index >= 15 is 0 Å². The lowest BCUT2D eigenvalue weighted by molar-refractivity contribution is -0.227. The molecule has 13 heavy (non-hydrogen) atoms. The van der Waals surface area contributed by atoms with Gasteiger partial charge in [-0.2, -0.15) is 0 Å². The zero-order valence-electron chi connectivity index (χ0n) is 8.31. The molecule has 2 fully saturated rings. The van der Waals surface area contributed by atoms with Gasteiger partial charge in [0.2, 0.25) is 0 Å². The van der Waals surface area contributed by atoms with Crippen LogP contribution in [0.25, 0.3) is 0 Å². The third-order valence-corrected chi connectivity index (χ3v) is 2.27. The Morgan fingerprint density at radius 3 is 2.31 bits per heavy atom. The SMILES string of the molecule is CC(O)CON.CC1CN2CCN12. The van der Waals surface area contributed by atoms with Crippen molar-refractivity contribution in [2.45, 2.75) is 26.0 Å². The highest BCUT2D eigenvalue weighted by molar-refractivity contribution is 4.87. The van der Waals surface area contributed by atoms with E-state index in [4.69, 9.17) is 5.11 Å². The summed E-state index contributed by atoms with van der Waals surface area (Å²) in [5.74, 6) is 4.57. The highest BCUT2D eigenvalue weighted by Gasteiger charge is 2.39. The Morgan fingerprint density at radius 2 is 2.31 bits per heavy atom. The number of nitrogens with zero attached hydrogens (tertiary/aromatic N) is 2. The zero-order valence-corrected chi connectivity index (χ0v) is 8.31. The average Bonchev–Trinajstić information content (AvgIpc) is 2.00. The molecule has 0 amide bonds. The standard InChI is InChI=1S/C5H10N2.C3H9NO2/c1-5-4-6-2-3-7(5)6;1-3(5)2-6-4/h5H,2-4H2,1H3;3,5H,2,4H2,1H3. The van der Waals surface area contributed by atoms with Crippen LogP contribution in [0.2, 0.25) is 0 Å². The zero-order chi connectivity index (χ0) is 9.84. The smallest absolute Gasteiger partial charge is 0.0935 e. The monoisotopic (exact) mass is 189 g/mol. The van der Waals surface area contributed by atoms with E-state index < -0.39 is 6.10 Å². The summed E-state index contributed by atoms with van der Waals surface area (Å²) in [5, 5.41) is 13.1. The van der Waals surface area contributed by atoms with E-state index in [1.54, 1.807) is 6.92 Å². The first-order valence-corrected chi connectivity index (χ1v) is 4.66. The van der Waals surface area contributed by atoms with E-state index in [0.717, 1.165) is 6.04 Å². The Bertz CT molecular complexity index is 150. The van der Waals surface area contributed by atoms with Gasteiger partial charge in [-0.05, 0) is 13.8 Å². The molecule has 2 saturated heterocycles. The molecule has 0 radical (unpaired) electrons. The second-order valence-electron chi connectivity index (χ2n) is 3.61. The van der Waals surface area contributed by atoms with Crippen molar-refractivity contribution >= 4 is 0 Å². The molecule has 2 rings (SSSR count). The number of hydrogen-bond acceptors (Lipinski definition) is 5. The number of nitrogens with two attached hydrogens (primary N) is 1. The van der Waals surface area contributed by atoms with Crippen LogP contribution in [-0.2, 0) is 4.84 Å². The third-order valence-electron chi connectivity index (χ3n) is 2.27. The third kappa shape index (κ3) is 2.89. The summed E-state index contributed by atoms with van der Waals surface area (Å²) in [7, 11) is 0. The fourth-order valence-corrected chi connectivity index (χ4v) is 1.49. The van der Waals surface area contributed by atoms with Gasteiger partial charge in [0, 0.05) is 25.7 Å². The molecule has 2 unspecified atom stereocenters. The number of fused-ring (bicyclic) bond motifs is 1. The summed E-state index contributed by atoms with van der Waals surface area (Å²) in [4.78, 5) is 4.05. The van der Waals surface area contributed by atoms with Gasteiger partial charge in [0.25, 0.3) is 0 Å². The van der Waals surface area contributed by atoms with Crippen molar-refractivity contribution < 1.29 is 9.94 Å². The molecular formula is C8H19N3O2. The van der Waals surface area contributed by atoms with Gasteiger partial charge in [0.1, 0.15) is 0 Å². The second-order valence-corrected chi connectivity index (χ2v) is 3.61. The molecule has 5 heteroatoms. The number of hydrazine groups is 1. The summed E-state index contributed by atoms with van der Waals surface area (Å²) in [5.41, 5.74) is 0. The maximum atomic E-state index is 8.35. The lowest BCUT2D eigenvalue weighted by atomic mass is 10.1. The van der Waals surface area contributed by atoms with Crippen LogP contribution in [0.3, 0.4) is 0 Å². The van der Waals surface area contributed by atoms with Gasteiger partial charge in [0.15, 0.2) is 0 Å². The fraction of sp³-hybridized carbons (Fsp3) is 1.00. The topological polar surface area (TPSA) is 62.0 Å². The quantitative estimate of drug-likeness (QED) is 0.556. The first-order valence-electron chi connectivity index (χ1n) is 4.66. The first-order chi connectivity index (χ1) is 6.15. The summed E-state index contributed by atoms with van der Waals surface area (Å²) in [6.07, 6.45) is -0.449. The number of piperazine rings is 1. The van der Waals surface area contributed by atoms with Crippen molar-refractivity contribution in [2.75, 3.05) is 26.2 Å². The van der Waals surface area contributed by atoms with Crippen molar-refractivity contribution in [3.05, 3.63) is 0 Å². The lowest BCUT2D eigenvalue weighted by Gasteiger charge is -2.57. The predicted octanol–water partition coefficient (Wildman–Crippen LogP) is -0.821. The van der Waals surface area contributed by atoms with Crippen LogP contribution in [0.15, 0.2) is 0 Å². The van der Waals surface area contributed by atoms with Crippen LogP contribution < -0.4 is 5.90 Å². The van der Waals surface area contributed by atoms with Crippen LogP contribution in [0, 0.1) is 0 Å². The first kappa shape index (κ1) is 10.9. The molecule has 5 nitrogen and oxygen atoms in total. The lowest BCUT2D eigenvalue weighted by Crippen LogP contribution is -2.72. The van der Waals surface area contributed by atoms with Crippen LogP contribution in [0.1, 0.15) is 13.8 Å². The molecule has 0 saturated carbocycles. The molecule has 0 aromatic carbocycles. The normalized spacial score (nSPS) is 29.1. The molecule has 0 aromatic heterocycles. The van der Waals surface area contributed by atoms with Gasteiger partial charge in [-0.15, -0.1) is 0 Å². The van der Waals surface area contributed by atoms with E-state index in [9.17, 15) is 0 Å². The minimum absolute atomic E-state index is 0.208. The van der Waals surface area contributed by atoms with E-state index in [-0.39, 0.29) is 6.61 Å². The second kappa shape index (κ2) is 4.88. The Labute approximate surface area is 79.0 Å². The van der Waals surface area contributed by atoms with Gasteiger partial charge in [-0.1, -0.05) is 0 Å². The molecular weight excluding hydrogens is 170 g/mol. The van der Waals surface area contributed by atoms with Crippen LogP contribution >= 0.6 is 0 Å². The van der Waals surface area contributed by atoms with Gasteiger partial charge >= 0.3 is 0 Å². The fourth-order valence-electron chi connectivity index (χ4n) is 1.49. The molecule has 0 bridgehead atoms.